The molecular weight excluding hydrogens is 538 g/mol. The molecule has 5 aromatic rings. The minimum atomic E-state index is -3.73. The summed E-state index contributed by atoms with van der Waals surface area (Å²) in [5.41, 5.74) is 5.10. The molecule has 0 aliphatic heterocycles. The van der Waals surface area contributed by atoms with Crippen LogP contribution < -0.4 is 20.9 Å². The third-order valence-electron chi connectivity index (χ3n) is 6.74. The number of pyridine rings is 2. The van der Waals surface area contributed by atoms with Gasteiger partial charge in [-0.1, -0.05) is 30.3 Å². The normalized spacial score (nSPS) is 12.2. The van der Waals surface area contributed by atoms with Gasteiger partial charge in [-0.05, 0) is 91.2 Å². The van der Waals surface area contributed by atoms with Crippen molar-refractivity contribution in [1.29, 1.82) is 0 Å². The van der Waals surface area contributed by atoms with E-state index in [1.165, 1.54) is 12.3 Å². The highest BCUT2D eigenvalue weighted by molar-refractivity contribution is 7.92. The summed E-state index contributed by atoms with van der Waals surface area (Å²) >= 11 is 0. The van der Waals surface area contributed by atoms with Crippen LogP contribution in [-0.2, 0) is 16.4 Å². The van der Waals surface area contributed by atoms with E-state index in [0.717, 1.165) is 45.4 Å². The van der Waals surface area contributed by atoms with Crippen molar-refractivity contribution in [2.75, 3.05) is 23.1 Å². The fourth-order valence-electron chi connectivity index (χ4n) is 4.54. The zero-order valence-corrected chi connectivity index (χ0v) is 23.3. The van der Waals surface area contributed by atoms with Gasteiger partial charge in [-0.15, -0.1) is 0 Å². The molecule has 5 rings (SSSR count). The quantitative estimate of drug-likeness (QED) is 0.146. The van der Waals surface area contributed by atoms with Gasteiger partial charge < -0.3 is 20.7 Å². The molecule has 210 valence electrons. The number of sulfonamides is 1. The molecule has 0 aliphatic carbocycles. The number of aryl methyl sites for hydroxylation is 1. The number of aliphatic hydroxyl groups excluding tert-OH is 1. The number of hydrogen-bond acceptors (Lipinski definition) is 7. The zero-order chi connectivity index (χ0) is 28.8. The summed E-state index contributed by atoms with van der Waals surface area (Å²) in [6.07, 6.45) is 1.60. The number of benzene rings is 3. The van der Waals surface area contributed by atoms with Gasteiger partial charge in [0, 0.05) is 35.6 Å². The summed E-state index contributed by atoms with van der Waals surface area (Å²) in [6.45, 7) is 3.01. The first kappa shape index (κ1) is 28.0. The van der Waals surface area contributed by atoms with E-state index in [1.807, 2.05) is 43.3 Å². The highest BCUT2D eigenvalue weighted by Crippen LogP contribution is 2.25. The van der Waals surface area contributed by atoms with Gasteiger partial charge in [-0.3, -0.25) is 9.52 Å². The van der Waals surface area contributed by atoms with Crippen LogP contribution in [0.4, 0.5) is 17.2 Å². The van der Waals surface area contributed by atoms with Crippen LogP contribution in [0.15, 0.2) is 107 Å². The number of nitrogens with one attached hydrogen (secondary N) is 4. The average molecular weight is 570 g/mol. The third-order valence-corrected chi connectivity index (χ3v) is 8.11. The van der Waals surface area contributed by atoms with Crippen molar-refractivity contribution in [3.63, 3.8) is 0 Å². The lowest BCUT2D eigenvalue weighted by Crippen LogP contribution is -2.24. The van der Waals surface area contributed by atoms with Gasteiger partial charge >= 0.3 is 0 Å². The number of aliphatic hydroxyl groups is 1. The first-order valence-electron chi connectivity index (χ1n) is 13.2. The molecule has 10 heteroatoms. The Hall–Kier alpha value is -4.51. The Bertz CT molecular complexity index is 1790. The third kappa shape index (κ3) is 6.98. The molecule has 0 fully saturated rings. The molecule has 0 unspecified atom stereocenters. The fraction of sp³-hybridized carbons (Fsp3) is 0.161. The smallest absolute Gasteiger partial charge is 0.263 e. The van der Waals surface area contributed by atoms with Crippen LogP contribution in [0.1, 0.15) is 22.8 Å². The van der Waals surface area contributed by atoms with Crippen LogP contribution >= 0.6 is 0 Å². The van der Waals surface area contributed by atoms with Gasteiger partial charge in [-0.25, -0.2) is 13.4 Å². The van der Waals surface area contributed by atoms with E-state index < -0.39 is 16.1 Å². The van der Waals surface area contributed by atoms with E-state index in [4.69, 9.17) is 0 Å². The lowest BCUT2D eigenvalue weighted by molar-refractivity contribution is 0.176. The first-order valence-corrected chi connectivity index (χ1v) is 14.7. The van der Waals surface area contributed by atoms with Crippen molar-refractivity contribution < 1.29 is 13.5 Å². The highest BCUT2D eigenvalue weighted by Gasteiger charge is 2.15. The first-order chi connectivity index (χ1) is 19.8. The lowest BCUT2D eigenvalue weighted by atomic mass is 10.0. The molecule has 0 aliphatic rings. The molecule has 0 saturated heterocycles. The second-order valence-electron chi connectivity index (χ2n) is 9.72. The summed E-state index contributed by atoms with van der Waals surface area (Å²) < 4.78 is 27.7. The summed E-state index contributed by atoms with van der Waals surface area (Å²) in [4.78, 5) is 18.7. The second-order valence-corrected chi connectivity index (χ2v) is 11.4. The minimum absolute atomic E-state index is 0.146. The molecule has 0 saturated carbocycles. The number of aromatic nitrogens is 2. The SMILES string of the molecule is Cc1ccc([C@@H](O)CNCCc2ccc(Nc3ccc(S(=O)(=O)Nc4ccccn4)cc3)cc2)c2ccc(=O)[nH]c12. The van der Waals surface area contributed by atoms with Gasteiger partial charge in [0.25, 0.3) is 10.0 Å². The van der Waals surface area contributed by atoms with Crippen LogP contribution in [-0.4, -0.2) is 36.6 Å². The number of nitrogens with zero attached hydrogens (tertiary/aromatic N) is 1. The summed E-state index contributed by atoms with van der Waals surface area (Å²) in [5.74, 6) is 0.264. The summed E-state index contributed by atoms with van der Waals surface area (Å²) in [7, 11) is -3.73. The number of fused-ring (bicyclic) bond motifs is 1. The maximum Gasteiger partial charge on any atom is 0.263 e. The standard InChI is InChI=1S/C31H31N5O4S/c1-21-5-14-26(27-15-16-30(38)35-31(21)27)28(37)20-32-19-17-22-6-8-23(9-7-22)34-24-10-12-25(13-11-24)41(39,40)36-29-4-2-3-18-33-29/h2-16,18,28,32,34,37H,17,19-20H2,1H3,(H,33,36)(H,35,38)/t28-/m0/s1. The maximum absolute atomic E-state index is 12.6. The molecule has 9 nitrogen and oxygen atoms in total. The van der Waals surface area contributed by atoms with Crippen LogP contribution in [0.5, 0.6) is 0 Å². The van der Waals surface area contributed by atoms with Gasteiger partial charge in [0.05, 0.1) is 16.5 Å². The van der Waals surface area contributed by atoms with E-state index in [-0.39, 0.29) is 16.3 Å². The van der Waals surface area contributed by atoms with E-state index in [0.29, 0.717) is 13.1 Å². The predicted octanol–water partition coefficient (Wildman–Crippen LogP) is 4.64. The molecule has 0 bridgehead atoms. The molecule has 1 atom stereocenters. The Morgan fingerprint density at radius 1 is 0.902 bits per heavy atom. The van der Waals surface area contributed by atoms with E-state index >= 15 is 0 Å². The number of anilines is 3. The van der Waals surface area contributed by atoms with Crippen LogP contribution in [0.3, 0.4) is 0 Å². The Labute approximate surface area is 238 Å². The van der Waals surface area contributed by atoms with Crippen molar-refractivity contribution in [1.82, 2.24) is 15.3 Å². The summed E-state index contributed by atoms with van der Waals surface area (Å²) in [6, 6.07) is 26.6. The Kier molecular flexibility index (Phi) is 8.44. The van der Waals surface area contributed by atoms with Crippen molar-refractivity contribution in [2.45, 2.75) is 24.3 Å². The molecule has 2 heterocycles. The second kappa shape index (κ2) is 12.3. The van der Waals surface area contributed by atoms with Gasteiger partial charge in [0.2, 0.25) is 5.56 Å². The summed E-state index contributed by atoms with van der Waals surface area (Å²) in [5, 5.41) is 18.2. The molecule has 5 N–H and O–H groups in total. The van der Waals surface area contributed by atoms with Crippen LogP contribution in [0, 0.1) is 6.92 Å². The van der Waals surface area contributed by atoms with Gasteiger partial charge in [0.15, 0.2) is 0 Å². The number of rotatable bonds is 11. The highest BCUT2D eigenvalue weighted by atomic mass is 32.2. The fourth-order valence-corrected chi connectivity index (χ4v) is 5.55. The Morgan fingerprint density at radius 2 is 1.63 bits per heavy atom. The molecule has 0 spiro atoms. The van der Waals surface area contributed by atoms with Crippen LogP contribution in [0.2, 0.25) is 0 Å². The lowest BCUT2D eigenvalue weighted by Gasteiger charge is -2.16. The monoisotopic (exact) mass is 569 g/mol. The molecule has 0 radical (unpaired) electrons. The zero-order valence-electron chi connectivity index (χ0n) is 22.5. The van der Waals surface area contributed by atoms with Crippen molar-refractivity contribution in [3.8, 4) is 0 Å². The topological polar surface area (TPSA) is 136 Å². The van der Waals surface area contributed by atoms with Crippen molar-refractivity contribution in [2.24, 2.45) is 0 Å². The average Bonchev–Trinajstić information content (AvgIpc) is 2.97. The van der Waals surface area contributed by atoms with Crippen molar-refractivity contribution in [3.05, 3.63) is 124 Å². The van der Waals surface area contributed by atoms with Gasteiger partial charge in [-0.2, -0.15) is 0 Å². The molecular formula is C31H31N5O4S. The largest absolute Gasteiger partial charge is 0.387 e. The number of aromatic amines is 1. The molecule has 0 amide bonds. The molecule has 3 aromatic carbocycles. The number of hydrogen-bond donors (Lipinski definition) is 5. The predicted molar refractivity (Wildman–Crippen MR) is 162 cm³/mol. The van der Waals surface area contributed by atoms with Crippen LogP contribution in [0.25, 0.3) is 10.9 Å². The molecule has 41 heavy (non-hydrogen) atoms. The minimum Gasteiger partial charge on any atom is -0.387 e. The van der Waals surface area contributed by atoms with E-state index in [1.54, 1.807) is 48.5 Å². The number of H-pyrrole nitrogens is 1. The Balaban J connectivity index is 1.11. The van der Waals surface area contributed by atoms with Gasteiger partial charge in [0.1, 0.15) is 5.82 Å². The van der Waals surface area contributed by atoms with Crippen molar-refractivity contribution >= 4 is 38.1 Å². The maximum atomic E-state index is 12.6. The Morgan fingerprint density at radius 3 is 2.34 bits per heavy atom. The molecule has 2 aromatic heterocycles. The van der Waals surface area contributed by atoms with E-state index in [2.05, 4.69) is 25.3 Å². The van der Waals surface area contributed by atoms with E-state index in [9.17, 15) is 18.3 Å².